The van der Waals surface area contributed by atoms with E-state index in [0.717, 1.165) is 24.7 Å². The Morgan fingerprint density at radius 1 is 1.25 bits per heavy atom. The molecule has 2 fully saturated rings. The number of benzene rings is 1. The van der Waals surface area contributed by atoms with E-state index in [1.165, 1.54) is 42.3 Å². The van der Waals surface area contributed by atoms with Crippen LogP contribution >= 0.6 is 0 Å². The van der Waals surface area contributed by atoms with E-state index in [2.05, 4.69) is 33.7 Å². The normalized spacial score (nSPS) is 23.4. The Morgan fingerprint density at radius 2 is 2.10 bits per heavy atom. The first-order chi connectivity index (χ1) is 9.74. The summed E-state index contributed by atoms with van der Waals surface area (Å²) in [6.45, 7) is 4.55. The average molecular weight is 270 g/mol. The highest BCUT2D eigenvalue weighted by Gasteiger charge is 2.27. The minimum Gasteiger partial charge on any atom is -0.397 e. The van der Waals surface area contributed by atoms with E-state index in [1.807, 2.05) is 6.20 Å². The molecule has 4 heteroatoms. The van der Waals surface area contributed by atoms with Crippen molar-refractivity contribution in [2.24, 2.45) is 5.92 Å². The summed E-state index contributed by atoms with van der Waals surface area (Å²) in [5.41, 5.74) is 9.63. The average Bonchev–Trinajstić information content (AvgIpc) is 3.19. The molecule has 2 heterocycles. The summed E-state index contributed by atoms with van der Waals surface area (Å²) in [5, 5.41) is 5.84. The predicted octanol–water partition coefficient (Wildman–Crippen LogP) is 3.19. The van der Waals surface area contributed by atoms with Gasteiger partial charge in [-0.2, -0.15) is 5.10 Å². The zero-order valence-electron chi connectivity index (χ0n) is 12.0. The van der Waals surface area contributed by atoms with Crippen LogP contribution in [0.2, 0.25) is 0 Å². The van der Waals surface area contributed by atoms with E-state index in [0.29, 0.717) is 6.04 Å². The van der Waals surface area contributed by atoms with Gasteiger partial charge in [-0.25, -0.2) is 0 Å². The first-order valence-electron chi connectivity index (χ1n) is 7.74. The third-order valence-corrected chi connectivity index (χ3v) is 4.65. The van der Waals surface area contributed by atoms with Crippen LogP contribution in [-0.2, 0) is 0 Å². The van der Waals surface area contributed by atoms with Crippen molar-refractivity contribution in [1.29, 1.82) is 0 Å². The molecule has 1 aliphatic carbocycles. The van der Waals surface area contributed by atoms with Crippen molar-refractivity contribution in [3.8, 4) is 0 Å². The smallest absolute Gasteiger partial charge is 0.0711 e. The van der Waals surface area contributed by atoms with Crippen molar-refractivity contribution in [1.82, 2.24) is 9.78 Å². The van der Waals surface area contributed by atoms with Crippen LogP contribution in [0.4, 0.5) is 11.4 Å². The lowest BCUT2D eigenvalue weighted by Crippen LogP contribution is -2.34. The fraction of sp³-hybridized carbons (Fsp3) is 0.562. The lowest BCUT2D eigenvalue weighted by Gasteiger charge is -2.34. The van der Waals surface area contributed by atoms with Crippen LogP contribution in [0.3, 0.4) is 0 Å². The molecular formula is C16H22N4. The summed E-state index contributed by atoms with van der Waals surface area (Å²) in [7, 11) is 0. The van der Waals surface area contributed by atoms with Gasteiger partial charge in [0.2, 0.25) is 0 Å². The second kappa shape index (κ2) is 4.40. The van der Waals surface area contributed by atoms with Crippen LogP contribution in [0.1, 0.15) is 38.6 Å². The summed E-state index contributed by atoms with van der Waals surface area (Å²) in [4.78, 5) is 2.46. The Morgan fingerprint density at radius 3 is 2.85 bits per heavy atom. The maximum atomic E-state index is 6.29. The zero-order valence-corrected chi connectivity index (χ0v) is 12.0. The minimum atomic E-state index is 0.615. The maximum Gasteiger partial charge on any atom is 0.0711 e. The van der Waals surface area contributed by atoms with Crippen LogP contribution < -0.4 is 10.6 Å². The molecule has 2 aromatic rings. The molecule has 0 radical (unpaired) electrons. The molecule has 2 aliphatic rings. The van der Waals surface area contributed by atoms with Crippen molar-refractivity contribution in [2.75, 3.05) is 23.7 Å². The van der Waals surface area contributed by atoms with Gasteiger partial charge in [-0.3, -0.25) is 4.68 Å². The number of nitrogens with zero attached hydrogens (tertiary/aromatic N) is 3. The van der Waals surface area contributed by atoms with Gasteiger partial charge in [0.05, 0.1) is 29.1 Å². The molecule has 1 saturated carbocycles. The van der Waals surface area contributed by atoms with Crippen molar-refractivity contribution < 1.29 is 0 Å². The second-order valence-corrected chi connectivity index (χ2v) is 6.45. The summed E-state index contributed by atoms with van der Waals surface area (Å²) in [6, 6.07) is 4.80. The molecule has 1 aromatic carbocycles. The van der Waals surface area contributed by atoms with Gasteiger partial charge in [0.1, 0.15) is 0 Å². The lowest BCUT2D eigenvalue weighted by atomic mass is 9.99. The Kier molecular flexibility index (Phi) is 2.65. The molecule has 4 nitrogen and oxygen atoms in total. The Balaban J connectivity index is 1.82. The van der Waals surface area contributed by atoms with E-state index >= 15 is 0 Å². The second-order valence-electron chi connectivity index (χ2n) is 6.45. The number of anilines is 2. The first kappa shape index (κ1) is 12.1. The third-order valence-electron chi connectivity index (χ3n) is 4.65. The minimum absolute atomic E-state index is 0.615. The predicted molar refractivity (Wildman–Crippen MR) is 83.0 cm³/mol. The van der Waals surface area contributed by atoms with Crippen LogP contribution in [0.25, 0.3) is 10.9 Å². The van der Waals surface area contributed by atoms with Gasteiger partial charge < -0.3 is 10.6 Å². The quantitative estimate of drug-likeness (QED) is 0.852. The molecule has 1 saturated heterocycles. The standard InChI is InChI=1S/C16H22N4/c1-11-3-2-8-19(10-11)16-13-9-18-20(12-4-5-12)15(13)7-6-14(16)17/h6-7,9,11-12H,2-5,8,10,17H2,1H3/t11-/m1/s1. The van der Waals surface area contributed by atoms with Crippen LogP contribution in [0.5, 0.6) is 0 Å². The molecule has 4 rings (SSSR count). The van der Waals surface area contributed by atoms with Crippen LogP contribution in [0, 0.1) is 5.92 Å². The lowest BCUT2D eigenvalue weighted by molar-refractivity contribution is 0.448. The van der Waals surface area contributed by atoms with E-state index in [4.69, 9.17) is 5.73 Å². The summed E-state index contributed by atoms with van der Waals surface area (Å²) in [5.74, 6) is 0.747. The van der Waals surface area contributed by atoms with Crippen LogP contribution in [-0.4, -0.2) is 22.9 Å². The molecule has 0 bridgehead atoms. The molecule has 20 heavy (non-hydrogen) atoms. The van der Waals surface area contributed by atoms with Gasteiger partial charge in [0.15, 0.2) is 0 Å². The first-order valence-corrected chi connectivity index (χ1v) is 7.74. The monoisotopic (exact) mass is 270 g/mol. The Labute approximate surface area is 119 Å². The van der Waals surface area contributed by atoms with E-state index < -0.39 is 0 Å². The number of fused-ring (bicyclic) bond motifs is 1. The van der Waals surface area contributed by atoms with Gasteiger partial charge in [-0.1, -0.05) is 6.92 Å². The molecule has 1 aliphatic heterocycles. The molecule has 1 aromatic heterocycles. The molecule has 106 valence electrons. The highest BCUT2D eigenvalue weighted by atomic mass is 15.3. The largest absolute Gasteiger partial charge is 0.397 e. The Bertz CT molecular complexity index is 641. The fourth-order valence-electron chi connectivity index (χ4n) is 3.48. The molecule has 1 atom stereocenters. The van der Waals surface area contributed by atoms with Crippen LogP contribution in [0.15, 0.2) is 18.3 Å². The van der Waals surface area contributed by atoms with Gasteiger partial charge in [-0.05, 0) is 43.7 Å². The number of hydrogen-bond donors (Lipinski definition) is 1. The number of nitrogens with two attached hydrogens (primary N) is 1. The zero-order chi connectivity index (χ0) is 13.7. The highest BCUT2D eigenvalue weighted by Crippen LogP contribution is 2.40. The SMILES string of the molecule is C[C@@H]1CCCN(c2c(N)ccc3c2cnn3C2CC2)C1. The molecule has 0 unspecified atom stereocenters. The van der Waals surface area contributed by atoms with E-state index in [-0.39, 0.29) is 0 Å². The van der Waals surface area contributed by atoms with Crippen molar-refractivity contribution in [3.63, 3.8) is 0 Å². The molecule has 0 amide bonds. The Hall–Kier alpha value is -1.71. The maximum absolute atomic E-state index is 6.29. The highest BCUT2D eigenvalue weighted by molar-refractivity contribution is 5.98. The molecule has 2 N–H and O–H groups in total. The number of hydrogen-bond acceptors (Lipinski definition) is 3. The van der Waals surface area contributed by atoms with E-state index in [9.17, 15) is 0 Å². The number of piperidine rings is 1. The van der Waals surface area contributed by atoms with Gasteiger partial charge in [0.25, 0.3) is 0 Å². The topological polar surface area (TPSA) is 47.1 Å². The third kappa shape index (κ3) is 1.86. The van der Waals surface area contributed by atoms with Crippen molar-refractivity contribution >= 4 is 22.3 Å². The van der Waals surface area contributed by atoms with Crippen molar-refractivity contribution in [3.05, 3.63) is 18.3 Å². The molecule has 0 spiro atoms. The summed E-state index contributed by atoms with van der Waals surface area (Å²) in [6.07, 6.45) is 7.12. The van der Waals surface area contributed by atoms with Gasteiger partial charge in [-0.15, -0.1) is 0 Å². The van der Waals surface area contributed by atoms with Crippen molar-refractivity contribution in [2.45, 2.75) is 38.6 Å². The summed E-state index contributed by atoms with van der Waals surface area (Å²) < 4.78 is 2.19. The van der Waals surface area contributed by atoms with Gasteiger partial charge >= 0.3 is 0 Å². The number of aromatic nitrogens is 2. The molecular weight excluding hydrogens is 248 g/mol. The number of rotatable bonds is 2. The van der Waals surface area contributed by atoms with E-state index in [1.54, 1.807) is 0 Å². The number of nitrogen functional groups attached to an aromatic ring is 1. The van der Waals surface area contributed by atoms with Gasteiger partial charge in [0, 0.05) is 18.5 Å². The summed E-state index contributed by atoms with van der Waals surface area (Å²) >= 11 is 0. The fourth-order valence-corrected chi connectivity index (χ4v) is 3.48.